The van der Waals surface area contributed by atoms with Crippen LogP contribution in [0.4, 0.5) is 0 Å². The van der Waals surface area contributed by atoms with Crippen molar-refractivity contribution in [2.45, 2.75) is 149 Å². The average Bonchev–Trinajstić information content (AvgIpc) is 2.71. The zero-order chi connectivity index (χ0) is 22.0. The zero-order valence-electron chi connectivity index (χ0n) is 20.2. The topological polar surface area (TPSA) is 57.5 Å². The van der Waals surface area contributed by atoms with Crippen LogP contribution in [0.3, 0.4) is 0 Å². The Morgan fingerprint density at radius 1 is 0.552 bits per heavy atom. The summed E-state index contributed by atoms with van der Waals surface area (Å²) in [5.74, 6) is -0.667. The fourth-order valence-corrected chi connectivity index (χ4v) is 3.63. The minimum Gasteiger partial charge on any atom is -0.481 e. The highest BCUT2D eigenvalue weighted by atomic mass is 16.4. The summed E-state index contributed by atoms with van der Waals surface area (Å²) in [7, 11) is 0. The predicted molar refractivity (Wildman–Crippen MR) is 128 cm³/mol. The number of carbonyl (C=O) groups is 1. The number of unbranched alkanes of at least 4 members (excludes halogenated alkanes) is 15. The van der Waals surface area contributed by atoms with Crippen LogP contribution >= 0.6 is 0 Å². The molecule has 0 spiro atoms. The van der Waals surface area contributed by atoms with Gasteiger partial charge in [0.1, 0.15) is 0 Å². The fraction of sp³-hybridized carbons (Fsp3) is 0.962. The molecule has 0 radical (unpaired) electrons. The summed E-state index contributed by atoms with van der Waals surface area (Å²) < 4.78 is 0. The lowest BCUT2D eigenvalue weighted by Crippen LogP contribution is -2.13. The normalized spacial score (nSPS) is 10.8. The van der Waals surface area contributed by atoms with Crippen LogP contribution in [-0.2, 0) is 4.79 Å². The Balaban J connectivity index is 0. The van der Waals surface area contributed by atoms with Crippen molar-refractivity contribution < 1.29 is 15.0 Å². The van der Waals surface area contributed by atoms with E-state index in [1.165, 1.54) is 96.3 Å². The molecular formula is C26H54O3. The number of hydrogen-bond donors (Lipinski definition) is 2. The Kier molecular flexibility index (Phi) is 29.0. The van der Waals surface area contributed by atoms with E-state index in [1.807, 2.05) is 0 Å². The third-order valence-corrected chi connectivity index (χ3v) is 5.67. The monoisotopic (exact) mass is 414 g/mol. The van der Waals surface area contributed by atoms with Crippen molar-refractivity contribution in [1.29, 1.82) is 0 Å². The van der Waals surface area contributed by atoms with Crippen LogP contribution < -0.4 is 0 Å². The van der Waals surface area contributed by atoms with Gasteiger partial charge in [0.2, 0.25) is 0 Å². The van der Waals surface area contributed by atoms with Gasteiger partial charge in [-0.1, -0.05) is 130 Å². The molecule has 0 fully saturated rings. The molecule has 0 aromatic rings. The predicted octanol–water partition coefficient (Wildman–Crippen LogP) is 8.53. The number of hydrogen-bond acceptors (Lipinski definition) is 2. The van der Waals surface area contributed by atoms with E-state index in [0.717, 1.165) is 32.1 Å². The van der Waals surface area contributed by atoms with Gasteiger partial charge in [0.25, 0.3) is 0 Å². The van der Waals surface area contributed by atoms with Crippen molar-refractivity contribution in [1.82, 2.24) is 0 Å². The molecule has 3 heteroatoms. The fourth-order valence-electron chi connectivity index (χ4n) is 3.63. The van der Waals surface area contributed by atoms with E-state index >= 15 is 0 Å². The highest BCUT2D eigenvalue weighted by molar-refractivity contribution is 5.69. The molecule has 0 unspecified atom stereocenters. The van der Waals surface area contributed by atoms with E-state index in [2.05, 4.69) is 20.8 Å². The molecule has 0 bridgehead atoms. The lowest BCUT2D eigenvalue weighted by atomic mass is 9.94. The van der Waals surface area contributed by atoms with Crippen LogP contribution in [0, 0.1) is 5.92 Å². The van der Waals surface area contributed by atoms with Gasteiger partial charge < -0.3 is 10.2 Å². The van der Waals surface area contributed by atoms with Crippen LogP contribution in [0.15, 0.2) is 0 Å². The van der Waals surface area contributed by atoms with Crippen molar-refractivity contribution in [3.05, 3.63) is 0 Å². The van der Waals surface area contributed by atoms with E-state index in [4.69, 9.17) is 5.11 Å². The number of carboxylic acids is 1. The molecule has 0 aliphatic heterocycles. The van der Waals surface area contributed by atoms with E-state index in [9.17, 15) is 9.90 Å². The van der Waals surface area contributed by atoms with Crippen LogP contribution in [-0.4, -0.2) is 22.8 Å². The van der Waals surface area contributed by atoms with Gasteiger partial charge in [0.15, 0.2) is 0 Å². The Labute approximate surface area is 183 Å². The Morgan fingerprint density at radius 3 is 1.17 bits per heavy atom. The summed E-state index contributed by atoms with van der Waals surface area (Å²) in [4.78, 5) is 11.2. The minimum atomic E-state index is -0.577. The molecule has 0 atom stereocenters. The Morgan fingerprint density at radius 2 is 0.862 bits per heavy atom. The number of carboxylic acid groups (broad SMARTS) is 1. The molecule has 0 heterocycles. The van der Waals surface area contributed by atoms with E-state index in [0.29, 0.717) is 6.61 Å². The molecular weight excluding hydrogens is 360 g/mol. The highest BCUT2D eigenvalue weighted by Crippen LogP contribution is 2.19. The molecule has 0 saturated carbocycles. The summed E-state index contributed by atoms with van der Waals surface area (Å²) in [6.45, 7) is 7.03. The first-order chi connectivity index (χ1) is 14.1. The largest absolute Gasteiger partial charge is 0.481 e. The third-order valence-electron chi connectivity index (χ3n) is 5.67. The molecule has 0 aromatic heterocycles. The van der Waals surface area contributed by atoms with E-state index in [-0.39, 0.29) is 5.92 Å². The van der Waals surface area contributed by atoms with Gasteiger partial charge in [0.05, 0.1) is 5.92 Å². The summed E-state index contributed by atoms with van der Waals surface area (Å²) in [5, 5.41) is 17.7. The quantitative estimate of drug-likeness (QED) is 0.185. The number of rotatable bonds is 21. The van der Waals surface area contributed by atoms with Crippen LogP contribution in [0.5, 0.6) is 0 Å². The lowest BCUT2D eigenvalue weighted by Gasteiger charge is -2.12. The second kappa shape index (κ2) is 27.4. The van der Waals surface area contributed by atoms with Gasteiger partial charge in [-0.05, 0) is 19.3 Å². The molecule has 0 aromatic carbocycles. The van der Waals surface area contributed by atoms with Gasteiger partial charge in [0, 0.05) is 6.61 Å². The standard InChI is InChI=1S/C18H36O2.C8H18O/c1-3-5-7-9-11-13-15-17(18(19)20)16-14-12-10-8-6-4-2;1-2-3-4-5-6-7-8-9/h17H,3-16H2,1-2H3,(H,19,20);9H,2-8H2,1H3. The van der Waals surface area contributed by atoms with Crippen molar-refractivity contribution >= 4 is 5.97 Å². The second-order valence-electron chi connectivity index (χ2n) is 8.64. The van der Waals surface area contributed by atoms with E-state index < -0.39 is 5.97 Å². The molecule has 0 amide bonds. The van der Waals surface area contributed by atoms with Crippen molar-refractivity contribution in [2.75, 3.05) is 6.61 Å². The molecule has 0 saturated heterocycles. The summed E-state index contributed by atoms with van der Waals surface area (Å²) >= 11 is 0. The molecule has 0 aliphatic carbocycles. The summed E-state index contributed by atoms with van der Waals surface area (Å²) in [5.41, 5.74) is 0. The molecule has 3 nitrogen and oxygen atoms in total. The second-order valence-corrected chi connectivity index (χ2v) is 8.64. The van der Waals surface area contributed by atoms with Crippen molar-refractivity contribution in [2.24, 2.45) is 5.92 Å². The summed E-state index contributed by atoms with van der Waals surface area (Å²) in [6, 6.07) is 0. The first-order valence-electron chi connectivity index (χ1n) is 13.0. The van der Waals surface area contributed by atoms with Gasteiger partial charge in [-0.3, -0.25) is 4.79 Å². The van der Waals surface area contributed by atoms with Crippen molar-refractivity contribution in [3.63, 3.8) is 0 Å². The lowest BCUT2D eigenvalue weighted by molar-refractivity contribution is -0.142. The van der Waals surface area contributed by atoms with Crippen LogP contribution in [0.2, 0.25) is 0 Å². The Bertz CT molecular complexity index is 282. The Hall–Kier alpha value is -0.570. The number of aliphatic hydroxyl groups excluding tert-OH is 1. The van der Waals surface area contributed by atoms with Gasteiger partial charge in [-0.25, -0.2) is 0 Å². The molecule has 0 aliphatic rings. The zero-order valence-corrected chi connectivity index (χ0v) is 20.2. The van der Waals surface area contributed by atoms with E-state index in [1.54, 1.807) is 0 Å². The highest BCUT2D eigenvalue weighted by Gasteiger charge is 2.16. The summed E-state index contributed by atoms with van der Waals surface area (Å²) in [6.07, 6.45) is 24.2. The first-order valence-corrected chi connectivity index (χ1v) is 13.0. The maximum atomic E-state index is 11.2. The minimum absolute atomic E-state index is 0.0904. The van der Waals surface area contributed by atoms with Gasteiger partial charge in [-0.15, -0.1) is 0 Å². The number of aliphatic hydroxyl groups is 1. The first kappa shape index (κ1) is 30.6. The van der Waals surface area contributed by atoms with Crippen LogP contribution in [0.1, 0.15) is 149 Å². The maximum absolute atomic E-state index is 11.2. The van der Waals surface area contributed by atoms with Gasteiger partial charge >= 0.3 is 5.97 Å². The smallest absolute Gasteiger partial charge is 0.306 e. The third kappa shape index (κ3) is 27.4. The molecule has 2 N–H and O–H groups in total. The van der Waals surface area contributed by atoms with Gasteiger partial charge in [-0.2, -0.15) is 0 Å². The molecule has 0 rings (SSSR count). The molecule has 29 heavy (non-hydrogen) atoms. The average molecular weight is 415 g/mol. The molecule has 176 valence electrons. The maximum Gasteiger partial charge on any atom is 0.306 e. The van der Waals surface area contributed by atoms with Crippen LogP contribution in [0.25, 0.3) is 0 Å². The number of aliphatic carboxylic acids is 1. The van der Waals surface area contributed by atoms with Crippen molar-refractivity contribution in [3.8, 4) is 0 Å². The SMILES string of the molecule is CCCCCCCCC(CCCCCCCC)C(=O)O.CCCCCCCCO.